The number of pyridine rings is 1. The van der Waals surface area contributed by atoms with Gasteiger partial charge in [-0.1, -0.05) is 36.4 Å². The molecule has 0 aliphatic carbocycles. The Bertz CT molecular complexity index is 1250. The first kappa shape index (κ1) is 26.0. The Labute approximate surface area is 205 Å². The Hall–Kier alpha value is -3.60. The average Bonchev–Trinajstić information content (AvgIpc) is 2.81. The molecule has 35 heavy (non-hydrogen) atoms. The van der Waals surface area contributed by atoms with E-state index in [2.05, 4.69) is 15.6 Å². The summed E-state index contributed by atoms with van der Waals surface area (Å²) >= 11 is 0. The quantitative estimate of drug-likeness (QED) is 0.447. The first-order valence-corrected chi connectivity index (χ1v) is 12.4. The van der Waals surface area contributed by atoms with Gasteiger partial charge in [-0.2, -0.15) is 4.31 Å². The first-order chi connectivity index (χ1) is 16.6. The summed E-state index contributed by atoms with van der Waals surface area (Å²) < 4.78 is 27.0. The van der Waals surface area contributed by atoms with Gasteiger partial charge in [0.15, 0.2) is 0 Å². The summed E-state index contributed by atoms with van der Waals surface area (Å²) in [6.07, 6.45) is 1.66. The van der Waals surface area contributed by atoms with Crippen LogP contribution in [0.4, 0.5) is 11.5 Å². The molecule has 2 N–H and O–H groups in total. The fourth-order valence-corrected chi connectivity index (χ4v) is 4.45. The van der Waals surface area contributed by atoms with Crippen LogP contribution in [0.15, 0.2) is 77.8 Å². The van der Waals surface area contributed by atoms with Gasteiger partial charge in [0.05, 0.1) is 18.0 Å². The van der Waals surface area contributed by atoms with Gasteiger partial charge in [0, 0.05) is 25.5 Å². The van der Waals surface area contributed by atoms with Gasteiger partial charge in [-0.3, -0.25) is 14.5 Å². The maximum atomic E-state index is 12.9. The maximum absolute atomic E-state index is 12.9. The number of carbonyl (C=O) groups excluding carboxylic acids is 2. The van der Waals surface area contributed by atoms with E-state index in [-0.39, 0.29) is 36.3 Å². The largest absolute Gasteiger partial charge is 0.325 e. The predicted molar refractivity (Wildman–Crippen MR) is 135 cm³/mol. The highest BCUT2D eigenvalue weighted by Gasteiger charge is 2.21. The molecule has 10 heteroatoms. The van der Waals surface area contributed by atoms with Gasteiger partial charge in [-0.05, 0) is 55.4 Å². The molecule has 0 fully saturated rings. The molecule has 0 saturated carbocycles. The van der Waals surface area contributed by atoms with Crippen LogP contribution in [0.5, 0.6) is 0 Å². The topological polar surface area (TPSA) is 112 Å². The Morgan fingerprint density at radius 2 is 1.49 bits per heavy atom. The normalized spacial score (nSPS) is 11.5. The molecule has 9 nitrogen and oxygen atoms in total. The minimum atomic E-state index is -3.68. The van der Waals surface area contributed by atoms with Crippen LogP contribution in [-0.2, 0) is 26.2 Å². The fraction of sp³-hybridized carbons (Fsp3) is 0.240. The standard InChI is InChI=1S/C25H29N5O4S/c1-19-9-14-23(26-15-19)28-25(32)18-29(2)17-24(31)27-21-10-12-22(13-11-21)35(33,34)30(3)16-20-7-5-4-6-8-20/h4-15H,16-18H2,1-3H3,(H,27,31)(H,26,28,32). The molecule has 0 atom stereocenters. The van der Waals surface area contributed by atoms with Crippen molar-refractivity contribution < 1.29 is 18.0 Å². The Morgan fingerprint density at radius 3 is 2.09 bits per heavy atom. The summed E-state index contributed by atoms with van der Waals surface area (Å²) in [6, 6.07) is 18.9. The smallest absolute Gasteiger partial charge is 0.243 e. The van der Waals surface area contributed by atoms with E-state index in [9.17, 15) is 18.0 Å². The number of amides is 2. The molecule has 3 rings (SSSR count). The number of hydrogen-bond acceptors (Lipinski definition) is 6. The summed E-state index contributed by atoms with van der Waals surface area (Å²) in [5, 5.41) is 5.40. The average molecular weight is 496 g/mol. The van der Waals surface area contributed by atoms with Crippen molar-refractivity contribution in [1.82, 2.24) is 14.2 Å². The molecule has 0 aliphatic rings. The summed E-state index contributed by atoms with van der Waals surface area (Å²) in [5.41, 5.74) is 2.33. The van der Waals surface area contributed by atoms with Crippen molar-refractivity contribution in [2.45, 2.75) is 18.4 Å². The van der Waals surface area contributed by atoms with Gasteiger partial charge in [-0.15, -0.1) is 0 Å². The van der Waals surface area contributed by atoms with Gasteiger partial charge in [0.1, 0.15) is 5.82 Å². The highest BCUT2D eigenvalue weighted by molar-refractivity contribution is 7.89. The van der Waals surface area contributed by atoms with Crippen LogP contribution in [0.1, 0.15) is 11.1 Å². The fourth-order valence-electron chi connectivity index (χ4n) is 3.29. The molecule has 0 aliphatic heterocycles. The zero-order valence-corrected chi connectivity index (χ0v) is 20.7. The number of aromatic nitrogens is 1. The van der Waals surface area contributed by atoms with E-state index in [1.54, 1.807) is 24.2 Å². The van der Waals surface area contributed by atoms with Gasteiger partial charge in [-0.25, -0.2) is 13.4 Å². The number of rotatable bonds is 10. The zero-order chi connectivity index (χ0) is 25.4. The molecule has 1 aromatic heterocycles. The van der Waals surface area contributed by atoms with E-state index in [0.717, 1.165) is 11.1 Å². The molecule has 0 bridgehead atoms. The van der Waals surface area contributed by atoms with Crippen LogP contribution < -0.4 is 10.6 Å². The van der Waals surface area contributed by atoms with E-state index in [4.69, 9.17) is 0 Å². The number of aryl methyl sites for hydroxylation is 1. The van der Waals surface area contributed by atoms with Crippen LogP contribution in [0.25, 0.3) is 0 Å². The lowest BCUT2D eigenvalue weighted by molar-refractivity contribution is -0.119. The van der Waals surface area contributed by atoms with E-state index in [1.165, 1.54) is 35.6 Å². The Kier molecular flexibility index (Phi) is 8.69. The van der Waals surface area contributed by atoms with Crippen LogP contribution in [-0.4, -0.2) is 61.6 Å². The summed E-state index contributed by atoms with van der Waals surface area (Å²) in [7, 11) is -0.501. The molecule has 0 saturated heterocycles. The second-order valence-electron chi connectivity index (χ2n) is 8.26. The van der Waals surface area contributed by atoms with Crippen molar-refractivity contribution in [3.63, 3.8) is 0 Å². The number of hydrogen-bond donors (Lipinski definition) is 2. The third-order valence-electron chi connectivity index (χ3n) is 5.10. The molecule has 1 heterocycles. The highest BCUT2D eigenvalue weighted by Crippen LogP contribution is 2.19. The Morgan fingerprint density at radius 1 is 0.857 bits per heavy atom. The van der Waals surface area contributed by atoms with Gasteiger partial charge in [0.25, 0.3) is 0 Å². The van der Waals surface area contributed by atoms with Gasteiger partial charge < -0.3 is 10.6 Å². The van der Waals surface area contributed by atoms with Crippen LogP contribution in [0, 0.1) is 6.92 Å². The molecule has 184 valence electrons. The molecule has 2 aromatic carbocycles. The van der Waals surface area contributed by atoms with Crippen molar-refractivity contribution in [2.75, 3.05) is 37.8 Å². The minimum absolute atomic E-state index is 0.00784. The molecule has 0 spiro atoms. The number of nitrogens with one attached hydrogen (secondary N) is 2. The molecule has 0 radical (unpaired) electrons. The number of sulfonamides is 1. The molecule has 2 amide bonds. The van der Waals surface area contributed by atoms with E-state index < -0.39 is 10.0 Å². The van der Waals surface area contributed by atoms with Crippen molar-refractivity contribution >= 4 is 33.3 Å². The number of benzene rings is 2. The van der Waals surface area contributed by atoms with Crippen molar-refractivity contribution in [3.05, 3.63) is 84.1 Å². The predicted octanol–water partition coefficient (Wildman–Crippen LogP) is 2.72. The van der Waals surface area contributed by atoms with Crippen LogP contribution in [0.2, 0.25) is 0 Å². The molecule has 0 unspecified atom stereocenters. The van der Waals surface area contributed by atoms with Gasteiger partial charge in [0.2, 0.25) is 21.8 Å². The van der Waals surface area contributed by atoms with Crippen molar-refractivity contribution in [2.24, 2.45) is 0 Å². The second-order valence-corrected chi connectivity index (χ2v) is 10.3. The van der Waals surface area contributed by atoms with Crippen molar-refractivity contribution in [1.29, 1.82) is 0 Å². The second kappa shape index (κ2) is 11.7. The van der Waals surface area contributed by atoms with Gasteiger partial charge >= 0.3 is 0 Å². The summed E-state index contributed by atoms with van der Waals surface area (Å²) in [6.45, 7) is 2.14. The molecular formula is C25H29N5O4S. The highest BCUT2D eigenvalue weighted by atomic mass is 32.2. The summed E-state index contributed by atoms with van der Waals surface area (Å²) in [5.74, 6) is -0.167. The zero-order valence-electron chi connectivity index (χ0n) is 19.9. The number of carbonyl (C=O) groups is 2. The lowest BCUT2D eigenvalue weighted by Gasteiger charge is -2.18. The third kappa shape index (κ3) is 7.71. The van der Waals surface area contributed by atoms with E-state index in [1.807, 2.05) is 43.3 Å². The molecule has 3 aromatic rings. The van der Waals surface area contributed by atoms with E-state index in [0.29, 0.717) is 11.5 Å². The molecular weight excluding hydrogens is 466 g/mol. The lowest BCUT2D eigenvalue weighted by Crippen LogP contribution is -2.36. The first-order valence-electron chi connectivity index (χ1n) is 10.9. The van der Waals surface area contributed by atoms with Crippen LogP contribution in [0.3, 0.4) is 0 Å². The lowest BCUT2D eigenvalue weighted by atomic mass is 10.2. The third-order valence-corrected chi connectivity index (χ3v) is 6.92. The number of nitrogens with zero attached hydrogens (tertiary/aromatic N) is 3. The minimum Gasteiger partial charge on any atom is -0.325 e. The number of anilines is 2. The van der Waals surface area contributed by atoms with E-state index >= 15 is 0 Å². The maximum Gasteiger partial charge on any atom is 0.243 e. The Balaban J connectivity index is 1.50. The monoisotopic (exact) mass is 495 g/mol. The van der Waals surface area contributed by atoms with Crippen molar-refractivity contribution in [3.8, 4) is 0 Å². The SMILES string of the molecule is Cc1ccc(NC(=O)CN(C)CC(=O)Nc2ccc(S(=O)(=O)N(C)Cc3ccccc3)cc2)nc1. The summed E-state index contributed by atoms with van der Waals surface area (Å²) in [4.78, 5) is 30.4. The number of likely N-dealkylation sites (N-methyl/N-ethyl adjacent to an activating group) is 1. The van der Waals surface area contributed by atoms with Crippen LogP contribution >= 0.6 is 0 Å².